The number of hydrogen-bond donors (Lipinski definition) is 1. The van der Waals surface area contributed by atoms with E-state index in [2.05, 4.69) is 4.98 Å². The fraction of sp³-hybridized carbons (Fsp3) is 0.250. The van der Waals surface area contributed by atoms with Crippen LogP contribution in [0.5, 0.6) is 5.75 Å². The predicted octanol–water partition coefficient (Wildman–Crippen LogP) is 2.98. The highest BCUT2D eigenvalue weighted by Crippen LogP contribution is 2.29. The van der Waals surface area contributed by atoms with Crippen molar-refractivity contribution in [3.05, 3.63) is 35.1 Å². The first-order valence-corrected chi connectivity index (χ1v) is 6.04. The number of rotatable bonds is 3. The average Bonchev–Trinajstić information content (AvgIpc) is 2.78. The van der Waals surface area contributed by atoms with E-state index in [-0.39, 0.29) is 11.9 Å². The first-order chi connectivity index (χ1) is 8.11. The summed E-state index contributed by atoms with van der Waals surface area (Å²) in [6, 6.07) is 4.59. The Hall–Kier alpha value is -1.46. The normalized spacial score (nSPS) is 12.5. The smallest absolute Gasteiger partial charge is 0.137 e. The van der Waals surface area contributed by atoms with Crippen molar-refractivity contribution < 1.29 is 9.13 Å². The van der Waals surface area contributed by atoms with Crippen LogP contribution in [-0.4, -0.2) is 12.1 Å². The van der Waals surface area contributed by atoms with E-state index in [9.17, 15) is 4.39 Å². The quantitative estimate of drug-likeness (QED) is 0.913. The Balaban J connectivity index is 2.38. The van der Waals surface area contributed by atoms with Crippen molar-refractivity contribution in [1.29, 1.82) is 0 Å². The van der Waals surface area contributed by atoms with Crippen LogP contribution in [0, 0.1) is 5.82 Å². The summed E-state index contributed by atoms with van der Waals surface area (Å²) in [4.78, 5) is 4.31. The zero-order valence-electron chi connectivity index (χ0n) is 9.61. The Morgan fingerprint density at radius 2 is 2.24 bits per heavy atom. The first kappa shape index (κ1) is 12.0. The minimum absolute atomic E-state index is 0.138. The lowest BCUT2D eigenvalue weighted by Crippen LogP contribution is -2.04. The van der Waals surface area contributed by atoms with E-state index in [1.807, 2.05) is 12.3 Å². The second kappa shape index (κ2) is 4.81. The summed E-state index contributed by atoms with van der Waals surface area (Å²) in [5, 5.41) is 2.49. The first-order valence-electron chi connectivity index (χ1n) is 5.16. The number of nitrogens with zero attached hydrogens (tertiary/aromatic N) is 1. The van der Waals surface area contributed by atoms with Crippen molar-refractivity contribution in [2.24, 2.45) is 5.73 Å². The third kappa shape index (κ3) is 2.45. The van der Waals surface area contributed by atoms with Crippen LogP contribution in [0.25, 0.3) is 10.6 Å². The van der Waals surface area contributed by atoms with E-state index < -0.39 is 0 Å². The zero-order valence-corrected chi connectivity index (χ0v) is 10.4. The summed E-state index contributed by atoms with van der Waals surface area (Å²) < 4.78 is 18.7. The molecule has 5 heteroatoms. The van der Waals surface area contributed by atoms with Crippen molar-refractivity contribution in [2.45, 2.75) is 13.0 Å². The van der Waals surface area contributed by atoms with Gasteiger partial charge < -0.3 is 10.5 Å². The van der Waals surface area contributed by atoms with Gasteiger partial charge in [0.05, 0.1) is 12.8 Å². The molecule has 17 heavy (non-hydrogen) atoms. The van der Waals surface area contributed by atoms with Gasteiger partial charge in [0.2, 0.25) is 0 Å². The largest absolute Gasteiger partial charge is 0.497 e. The van der Waals surface area contributed by atoms with E-state index in [0.29, 0.717) is 16.3 Å². The standard InChI is InChI=1S/C12H13FN2OS/c1-7(14)11-6-17-12(15-11)9-4-3-8(16-2)5-10(9)13/h3-7H,14H2,1-2H3. The fourth-order valence-electron chi connectivity index (χ4n) is 1.42. The van der Waals surface area contributed by atoms with Gasteiger partial charge in [-0.05, 0) is 19.1 Å². The molecule has 0 spiro atoms. The summed E-state index contributed by atoms with van der Waals surface area (Å²) in [6.45, 7) is 1.85. The molecule has 1 heterocycles. The van der Waals surface area contributed by atoms with Crippen molar-refractivity contribution in [1.82, 2.24) is 4.98 Å². The van der Waals surface area contributed by atoms with E-state index in [4.69, 9.17) is 10.5 Å². The van der Waals surface area contributed by atoms with Crippen LogP contribution in [0.3, 0.4) is 0 Å². The van der Waals surface area contributed by atoms with Crippen LogP contribution >= 0.6 is 11.3 Å². The molecule has 2 N–H and O–H groups in total. The Morgan fingerprint density at radius 1 is 1.47 bits per heavy atom. The number of benzene rings is 1. The molecule has 0 bridgehead atoms. The summed E-state index contributed by atoms with van der Waals surface area (Å²) in [5.74, 6) is 0.158. The van der Waals surface area contributed by atoms with Gasteiger partial charge in [0.15, 0.2) is 0 Å². The van der Waals surface area contributed by atoms with Gasteiger partial charge in [-0.25, -0.2) is 9.37 Å². The van der Waals surface area contributed by atoms with Gasteiger partial charge in [-0.1, -0.05) is 0 Å². The zero-order chi connectivity index (χ0) is 12.4. The third-order valence-electron chi connectivity index (χ3n) is 2.40. The lowest BCUT2D eigenvalue weighted by Gasteiger charge is -2.03. The maximum absolute atomic E-state index is 13.8. The summed E-state index contributed by atoms with van der Waals surface area (Å²) in [5.41, 5.74) is 6.97. The van der Waals surface area contributed by atoms with Crippen LogP contribution in [0.15, 0.2) is 23.6 Å². The number of halogens is 1. The maximum atomic E-state index is 13.8. The lowest BCUT2D eigenvalue weighted by molar-refractivity contribution is 0.411. The molecule has 0 saturated carbocycles. The second-order valence-electron chi connectivity index (χ2n) is 3.71. The molecule has 2 rings (SSSR count). The number of nitrogens with two attached hydrogens (primary N) is 1. The molecular weight excluding hydrogens is 239 g/mol. The van der Waals surface area contributed by atoms with Gasteiger partial charge in [0, 0.05) is 23.1 Å². The monoisotopic (exact) mass is 252 g/mol. The van der Waals surface area contributed by atoms with E-state index >= 15 is 0 Å². The van der Waals surface area contributed by atoms with Crippen LogP contribution in [0.1, 0.15) is 18.7 Å². The van der Waals surface area contributed by atoms with Crippen LogP contribution in [-0.2, 0) is 0 Å². The predicted molar refractivity (Wildman–Crippen MR) is 66.7 cm³/mol. The highest BCUT2D eigenvalue weighted by atomic mass is 32.1. The van der Waals surface area contributed by atoms with Crippen molar-refractivity contribution in [3.8, 4) is 16.3 Å². The molecule has 0 aliphatic rings. The molecule has 0 fully saturated rings. The second-order valence-corrected chi connectivity index (χ2v) is 4.57. The minimum Gasteiger partial charge on any atom is -0.497 e. The van der Waals surface area contributed by atoms with Gasteiger partial charge in [0.1, 0.15) is 16.6 Å². The summed E-state index contributed by atoms with van der Waals surface area (Å²) in [6.07, 6.45) is 0. The summed E-state index contributed by atoms with van der Waals surface area (Å²) >= 11 is 1.39. The fourth-order valence-corrected chi connectivity index (χ4v) is 2.37. The van der Waals surface area contributed by atoms with Gasteiger partial charge in [-0.2, -0.15) is 0 Å². The molecule has 2 aromatic rings. The highest BCUT2D eigenvalue weighted by molar-refractivity contribution is 7.13. The number of thiazole rings is 1. The van der Waals surface area contributed by atoms with Crippen LogP contribution < -0.4 is 10.5 Å². The van der Waals surface area contributed by atoms with Crippen LogP contribution in [0.2, 0.25) is 0 Å². The van der Waals surface area contributed by atoms with Gasteiger partial charge in [0.25, 0.3) is 0 Å². The Labute approximate surface area is 103 Å². The molecule has 1 aromatic carbocycles. The molecule has 0 aliphatic carbocycles. The van der Waals surface area contributed by atoms with E-state index in [1.54, 1.807) is 12.1 Å². The Kier molecular flexibility index (Phi) is 3.40. The maximum Gasteiger partial charge on any atom is 0.137 e. The molecule has 0 amide bonds. The highest BCUT2D eigenvalue weighted by Gasteiger charge is 2.12. The topological polar surface area (TPSA) is 48.1 Å². The molecule has 3 nitrogen and oxygen atoms in total. The lowest BCUT2D eigenvalue weighted by atomic mass is 10.2. The molecule has 1 atom stereocenters. The molecule has 0 radical (unpaired) electrons. The number of ether oxygens (including phenoxy) is 1. The van der Waals surface area contributed by atoms with E-state index in [0.717, 1.165) is 5.69 Å². The van der Waals surface area contributed by atoms with Crippen molar-refractivity contribution >= 4 is 11.3 Å². The molecule has 90 valence electrons. The Morgan fingerprint density at radius 3 is 2.76 bits per heavy atom. The third-order valence-corrected chi connectivity index (χ3v) is 3.29. The van der Waals surface area contributed by atoms with Gasteiger partial charge >= 0.3 is 0 Å². The van der Waals surface area contributed by atoms with Gasteiger partial charge in [-0.15, -0.1) is 11.3 Å². The summed E-state index contributed by atoms with van der Waals surface area (Å²) in [7, 11) is 1.51. The van der Waals surface area contributed by atoms with Gasteiger partial charge in [-0.3, -0.25) is 0 Å². The number of hydrogen-bond acceptors (Lipinski definition) is 4. The molecular formula is C12H13FN2OS. The van der Waals surface area contributed by atoms with E-state index in [1.165, 1.54) is 24.5 Å². The minimum atomic E-state index is -0.338. The molecule has 1 aromatic heterocycles. The van der Waals surface area contributed by atoms with Crippen molar-refractivity contribution in [2.75, 3.05) is 7.11 Å². The van der Waals surface area contributed by atoms with Crippen molar-refractivity contribution in [3.63, 3.8) is 0 Å². The Bertz CT molecular complexity index is 525. The number of aromatic nitrogens is 1. The average molecular weight is 252 g/mol. The molecule has 1 unspecified atom stereocenters. The molecule has 0 aliphatic heterocycles. The molecule has 0 saturated heterocycles. The SMILES string of the molecule is COc1ccc(-c2nc(C(C)N)cs2)c(F)c1. The number of methoxy groups -OCH3 is 1. The van der Waals surface area contributed by atoms with Crippen LogP contribution in [0.4, 0.5) is 4.39 Å².